The van der Waals surface area contributed by atoms with Gasteiger partial charge in [0.2, 0.25) is 17.7 Å². The van der Waals surface area contributed by atoms with Gasteiger partial charge in [-0.15, -0.1) is 0 Å². The summed E-state index contributed by atoms with van der Waals surface area (Å²) < 4.78 is 52.7. The number of hydrogen-bond donors (Lipinski definition) is 3. The lowest BCUT2D eigenvalue weighted by molar-refractivity contribution is -0.134. The van der Waals surface area contributed by atoms with E-state index in [0.29, 0.717) is 6.07 Å². The molecule has 3 N–H and O–H groups in total. The van der Waals surface area contributed by atoms with Crippen LogP contribution in [0.3, 0.4) is 0 Å². The van der Waals surface area contributed by atoms with Crippen molar-refractivity contribution < 1.29 is 31.9 Å². The van der Waals surface area contributed by atoms with Gasteiger partial charge in [-0.2, -0.15) is 0 Å². The van der Waals surface area contributed by atoms with Crippen LogP contribution in [-0.2, 0) is 27.3 Å². The standard InChI is InChI=1S/C21H21F4N3O3/c1-11(26-10-14-5-17(24)9-18(25)6-14)20(30)28-21(31)12(2)27-19(29)7-13-3-15(22)8-16(23)4-13/h3-6,8-9,11-12,26H,7,10H2,1-2H3,(H,27,29)(H,28,30,31)/t11-,12-/m0/s1. The Balaban J connectivity index is 1.82. The van der Waals surface area contributed by atoms with Crippen LogP contribution in [0.4, 0.5) is 17.6 Å². The monoisotopic (exact) mass is 439 g/mol. The first-order valence-corrected chi connectivity index (χ1v) is 9.31. The zero-order valence-electron chi connectivity index (χ0n) is 16.8. The van der Waals surface area contributed by atoms with E-state index in [2.05, 4.69) is 16.0 Å². The van der Waals surface area contributed by atoms with Gasteiger partial charge in [-0.3, -0.25) is 19.7 Å². The van der Waals surface area contributed by atoms with Crippen molar-refractivity contribution in [3.8, 4) is 0 Å². The Labute approximate surface area is 176 Å². The number of benzene rings is 2. The molecule has 3 amide bonds. The van der Waals surface area contributed by atoms with Crippen LogP contribution in [0.1, 0.15) is 25.0 Å². The highest BCUT2D eigenvalue weighted by Crippen LogP contribution is 2.09. The molecule has 31 heavy (non-hydrogen) atoms. The summed E-state index contributed by atoms with van der Waals surface area (Å²) >= 11 is 0. The predicted molar refractivity (Wildman–Crippen MR) is 103 cm³/mol. The summed E-state index contributed by atoms with van der Waals surface area (Å²) in [6.07, 6.45) is -0.359. The van der Waals surface area contributed by atoms with Gasteiger partial charge in [-0.05, 0) is 49.2 Å². The molecule has 10 heteroatoms. The predicted octanol–water partition coefficient (Wildman–Crippen LogP) is 2.11. The van der Waals surface area contributed by atoms with Crippen LogP contribution in [-0.4, -0.2) is 29.8 Å². The summed E-state index contributed by atoms with van der Waals surface area (Å²) in [7, 11) is 0. The van der Waals surface area contributed by atoms with Gasteiger partial charge >= 0.3 is 0 Å². The molecule has 2 aromatic carbocycles. The van der Waals surface area contributed by atoms with Crippen molar-refractivity contribution in [2.45, 2.75) is 38.9 Å². The van der Waals surface area contributed by atoms with E-state index in [9.17, 15) is 31.9 Å². The van der Waals surface area contributed by atoms with E-state index in [1.54, 1.807) is 0 Å². The van der Waals surface area contributed by atoms with Crippen molar-refractivity contribution in [1.29, 1.82) is 0 Å². The van der Waals surface area contributed by atoms with E-state index in [1.165, 1.54) is 13.8 Å². The summed E-state index contributed by atoms with van der Waals surface area (Å²) in [5.41, 5.74) is 0.364. The lowest BCUT2D eigenvalue weighted by Gasteiger charge is -2.17. The topological polar surface area (TPSA) is 87.3 Å². The van der Waals surface area contributed by atoms with Crippen LogP contribution in [0.5, 0.6) is 0 Å². The fraction of sp³-hybridized carbons (Fsp3) is 0.286. The molecule has 0 aliphatic rings. The number of nitrogens with one attached hydrogen (secondary N) is 3. The van der Waals surface area contributed by atoms with Crippen LogP contribution in [0.15, 0.2) is 36.4 Å². The number of carbonyl (C=O) groups excluding carboxylic acids is 3. The van der Waals surface area contributed by atoms with Crippen molar-refractivity contribution in [2.24, 2.45) is 0 Å². The number of hydrogen-bond acceptors (Lipinski definition) is 4. The van der Waals surface area contributed by atoms with Gasteiger partial charge in [-0.1, -0.05) is 0 Å². The molecular weight excluding hydrogens is 418 g/mol. The summed E-state index contributed by atoms with van der Waals surface area (Å²) in [5, 5.41) is 7.16. The molecule has 0 heterocycles. The van der Waals surface area contributed by atoms with Crippen molar-refractivity contribution in [1.82, 2.24) is 16.0 Å². The number of imide groups is 1. The van der Waals surface area contributed by atoms with E-state index in [4.69, 9.17) is 0 Å². The van der Waals surface area contributed by atoms with Gasteiger partial charge < -0.3 is 10.6 Å². The molecule has 2 rings (SSSR count). The van der Waals surface area contributed by atoms with Crippen LogP contribution in [0.2, 0.25) is 0 Å². The van der Waals surface area contributed by atoms with Crippen molar-refractivity contribution in [3.05, 3.63) is 70.8 Å². The molecule has 0 saturated heterocycles. The summed E-state index contributed by atoms with van der Waals surface area (Å²) in [4.78, 5) is 36.2. The average molecular weight is 439 g/mol. The van der Waals surface area contributed by atoms with E-state index in [-0.39, 0.29) is 24.1 Å². The van der Waals surface area contributed by atoms with E-state index < -0.39 is 53.1 Å². The van der Waals surface area contributed by atoms with Gasteiger partial charge in [0.05, 0.1) is 12.5 Å². The van der Waals surface area contributed by atoms with Gasteiger partial charge in [0.1, 0.15) is 29.3 Å². The highest BCUT2D eigenvalue weighted by atomic mass is 19.1. The molecule has 0 bridgehead atoms. The minimum Gasteiger partial charge on any atom is -0.344 e. The molecule has 2 aromatic rings. The molecule has 0 fully saturated rings. The van der Waals surface area contributed by atoms with Crippen LogP contribution in [0.25, 0.3) is 0 Å². The molecule has 6 nitrogen and oxygen atoms in total. The highest BCUT2D eigenvalue weighted by Gasteiger charge is 2.21. The Morgan fingerprint density at radius 1 is 0.742 bits per heavy atom. The Kier molecular flexibility index (Phi) is 8.26. The maximum Gasteiger partial charge on any atom is 0.248 e. The molecule has 0 aromatic heterocycles. The van der Waals surface area contributed by atoms with Gasteiger partial charge in [-0.25, -0.2) is 17.6 Å². The molecule has 0 spiro atoms. The largest absolute Gasteiger partial charge is 0.344 e. The van der Waals surface area contributed by atoms with Crippen LogP contribution < -0.4 is 16.0 Å². The summed E-state index contributed by atoms with van der Waals surface area (Å²) in [6.45, 7) is 2.76. The van der Waals surface area contributed by atoms with Crippen molar-refractivity contribution in [2.75, 3.05) is 0 Å². The molecular formula is C21H21F4N3O3. The maximum absolute atomic E-state index is 13.2. The third-order valence-electron chi connectivity index (χ3n) is 4.23. The quantitative estimate of drug-likeness (QED) is 0.550. The Morgan fingerprint density at radius 2 is 1.19 bits per heavy atom. The first kappa shape index (κ1) is 24.0. The average Bonchev–Trinajstić information content (AvgIpc) is 2.64. The van der Waals surface area contributed by atoms with Gasteiger partial charge in [0, 0.05) is 18.7 Å². The van der Waals surface area contributed by atoms with Crippen LogP contribution >= 0.6 is 0 Å². The first-order chi connectivity index (χ1) is 14.5. The number of carbonyl (C=O) groups is 3. The molecule has 166 valence electrons. The smallest absolute Gasteiger partial charge is 0.248 e. The van der Waals surface area contributed by atoms with E-state index in [1.807, 2.05) is 0 Å². The molecule has 0 unspecified atom stereocenters. The van der Waals surface area contributed by atoms with E-state index >= 15 is 0 Å². The number of halogens is 4. The lowest BCUT2D eigenvalue weighted by atomic mass is 10.1. The van der Waals surface area contributed by atoms with Gasteiger partial charge in [0.25, 0.3) is 0 Å². The van der Waals surface area contributed by atoms with Gasteiger partial charge in [0.15, 0.2) is 0 Å². The normalized spacial score (nSPS) is 12.7. The lowest BCUT2D eigenvalue weighted by Crippen LogP contribution is -2.51. The zero-order chi connectivity index (χ0) is 23.1. The molecule has 0 radical (unpaired) electrons. The molecule has 0 saturated carbocycles. The fourth-order valence-electron chi connectivity index (χ4n) is 2.67. The Morgan fingerprint density at radius 3 is 1.71 bits per heavy atom. The zero-order valence-corrected chi connectivity index (χ0v) is 16.8. The minimum atomic E-state index is -1.10. The fourth-order valence-corrected chi connectivity index (χ4v) is 2.67. The van der Waals surface area contributed by atoms with Crippen molar-refractivity contribution >= 4 is 17.7 Å². The second kappa shape index (κ2) is 10.7. The Bertz CT molecular complexity index is 944. The molecule has 0 aliphatic heterocycles. The first-order valence-electron chi connectivity index (χ1n) is 9.31. The maximum atomic E-state index is 13.2. The van der Waals surface area contributed by atoms with Crippen molar-refractivity contribution in [3.63, 3.8) is 0 Å². The number of rotatable bonds is 8. The summed E-state index contributed by atoms with van der Waals surface area (Å²) in [5.74, 6) is -5.35. The third-order valence-corrected chi connectivity index (χ3v) is 4.23. The second-order valence-corrected chi connectivity index (χ2v) is 6.98. The summed E-state index contributed by atoms with van der Waals surface area (Å²) in [6, 6.07) is 3.61. The molecule has 2 atom stereocenters. The SMILES string of the molecule is C[C@H](NCc1cc(F)cc(F)c1)C(=O)NC(=O)[C@H](C)NC(=O)Cc1cc(F)cc(F)c1. The third kappa shape index (κ3) is 7.82. The minimum absolute atomic E-state index is 0.0199. The Hall–Kier alpha value is -3.27. The second-order valence-electron chi connectivity index (χ2n) is 6.98. The highest BCUT2D eigenvalue weighted by molar-refractivity contribution is 6.00. The number of amides is 3. The van der Waals surface area contributed by atoms with E-state index in [0.717, 1.165) is 30.3 Å². The molecule has 0 aliphatic carbocycles. The van der Waals surface area contributed by atoms with Crippen LogP contribution in [0, 0.1) is 23.3 Å².